The second-order valence-electron chi connectivity index (χ2n) is 8.43. The van der Waals surface area contributed by atoms with Gasteiger partial charge in [-0.3, -0.25) is 4.98 Å². The molecule has 142 valence electrons. The standard InChI is InChI=1S/C25H26N2O/c1-16(2)23(17-7-3-4-8-17)18-12-14-26-22(15-18)21-10-5-9-19-20-11-6-13-27-25(20)28-24(19)21/h5-6,9-17,23H,3-4,7-8H2,1-2H3. The first-order valence-electron chi connectivity index (χ1n) is 10.4. The Hall–Kier alpha value is -2.68. The normalized spacial score (nSPS) is 16.4. The minimum absolute atomic E-state index is 0.598. The Labute approximate surface area is 165 Å². The summed E-state index contributed by atoms with van der Waals surface area (Å²) in [6.45, 7) is 4.71. The Morgan fingerprint density at radius 2 is 1.75 bits per heavy atom. The maximum absolute atomic E-state index is 6.13. The van der Waals surface area contributed by atoms with Crippen LogP contribution in [0, 0.1) is 11.8 Å². The van der Waals surface area contributed by atoms with Crippen molar-refractivity contribution in [2.45, 2.75) is 45.4 Å². The van der Waals surface area contributed by atoms with E-state index in [1.807, 2.05) is 12.3 Å². The molecule has 0 aliphatic heterocycles. The van der Waals surface area contributed by atoms with Crippen molar-refractivity contribution in [2.75, 3.05) is 0 Å². The molecule has 1 aliphatic rings. The molecule has 1 fully saturated rings. The topological polar surface area (TPSA) is 38.9 Å². The van der Waals surface area contributed by atoms with Crippen LogP contribution in [0.15, 0.2) is 59.3 Å². The number of fused-ring (bicyclic) bond motifs is 3. The third kappa shape index (κ3) is 2.90. The zero-order valence-corrected chi connectivity index (χ0v) is 16.6. The number of benzene rings is 1. The Bertz CT molecular complexity index is 1120. The summed E-state index contributed by atoms with van der Waals surface area (Å²) in [7, 11) is 0. The van der Waals surface area contributed by atoms with Crippen LogP contribution in [0.3, 0.4) is 0 Å². The zero-order chi connectivity index (χ0) is 19.1. The highest BCUT2D eigenvalue weighted by atomic mass is 16.3. The molecule has 0 radical (unpaired) electrons. The first-order chi connectivity index (χ1) is 13.7. The predicted molar refractivity (Wildman–Crippen MR) is 114 cm³/mol. The molecular formula is C25H26N2O. The molecule has 3 nitrogen and oxygen atoms in total. The SMILES string of the molecule is CC(C)C(c1ccnc(-c2cccc3c2oc2ncccc23)c1)C1CCCC1. The first kappa shape index (κ1) is 17.4. The second-order valence-corrected chi connectivity index (χ2v) is 8.43. The van der Waals surface area contributed by atoms with E-state index >= 15 is 0 Å². The van der Waals surface area contributed by atoms with Crippen molar-refractivity contribution >= 4 is 22.1 Å². The van der Waals surface area contributed by atoms with E-state index in [1.54, 1.807) is 6.20 Å². The molecule has 1 aliphatic carbocycles. The van der Waals surface area contributed by atoms with Gasteiger partial charge in [-0.25, -0.2) is 4.98 Å². The molecule has 3 heteroatoms. The molecule has 3 heterocycles. The molecule has 0 N–H and O–H groups in total. The van der Waals surface area contributed by atoms with Crippen molar-refractivity contribution < 1.29 is 4.42 Å². The number of furan rings is 1. The smallest absolute Gasteiger partial charge is 0.227 e. The van der Waals surface area contributed by atoms with Gasteiger partial charge in [-0.05, 0) is 66.5 Å². The number of nitrogens with zero attached hydrogens (tertiary/aromatic N) is 2. The van der Waals surface area contributed by atoms with Crippen LogP contribution < -0.4 is 0 Å². The number of para-hydroxylation sites is 1. The van der Waals surface area contributed by atoms with Crippen LogP contribution in [-0.4, -0.2) is 9.97 Å². The highest BCUT2D eigenvalue weighted by Gasteiger charge is 2.29. The number of aromatic nitrogens is 2. The molecule has 4 aromatic rings. The quantitative estimate of drug-likeness (QED) is 0.389. The van der Waals surface area contributed by atoms with Crippen LogP contribution in [0.4, 0.5) is 0 Å². The molecule has 5 rings (SSSR count). The number of hydrogen-bond acceptors (Lipinski definition) is 3. The minimum atomic E-state index is 0.598. The summed E-state index contributed by atoms with van der Waals surface area (Å²) in [5.41, 5.74) is 5.02. The lowest BCUT2D eigenvalue weighted by atomic mass is 9.77. The summed E-state index contributed by atoms with van der Waals surface area (Å²) in [6.07, 6.45) is 9.19. The van der Waals surface area contributed by atoms with Crippen molar-refractivity contribution in [3.05, 3.63) is 60.4 Å². The average molecular weight is 370 g/mol. The lowest BCUT2D eigenvalue weighted by Gasteiger charge is -2.28. The molecular weight excluding hydrogens is 344 g/mol. The molecule has 1 atom stereocenters. The van der Waals surface area contributed by atoms with Crippen molar-refractivity contribution in [1.29, 1.82) is 0 Å². The molecule has 0 spiro atoms. The summed E-state index contributed by atoms with van der Waals surface area (Å²) >= 11 is 0. The largest absolute Gasteiger partial charge is 0.437 e. The van der Waals surface area contributed by atoms with Gasteiger partial charge in [0.2, 0.25) is 5.71 Å². The highest BCUT2D eigenvalue weighted by molar-refractivity contribution is 6.08. The van der Waals surface area contributed by atoms with Gasteiger partial charge in [-0.15, -0.1) is 0 Å². The van der Waals surface area contributed by atoms with Gasteiger partial charge in [-0.2, -0.15) is 0 Å². The maximum Gasteiger partial charge on any atom is 0.227 e. The van der Waals surface area contributed by atoms with Crippen LogP contribution >= 0.6 is 0 Å². The lowest BCUT2D eigenvalue weighted by Crippen LogP contribution is -2.16. The molecule has 0 saturated heterocycles. The fourth-order valence-corrected chi connectivity index (χ4v) is 5.15. The van der Waals surface area contributed by atoms with Gasteiger partial charge in [0.05, 0.1) is 5.69 Å². The predicted octanol–water partition coefficient (Wildman–Crippen LogP) is 6.97. The number of rotatable bonds is 4. The molecule has 0 amide bonds. The third-order valence-electron chi connectivity index (χ3n) is 6.35. The third-order valence-corrected chi connectivity index (χ3v) is 6.35. The van der Waals surface area contributed by atoms with Crippen molar-refractivity contribution in [2.24, 2.45) is 11.8 Å². The number of hydrogen-bond donors (Lipinski definition) is 0. The van der Waals surface area contributed by atoms with E-state index in [1.165, 1.54) is 31.2 Å². The van der Waals surface area contributed by atoms with Gasteiger partial charge < -0.3 is 4.42 Å². The lowest BCUT2D eigenvalue weighted by molar-refractivity contribution is 0.347. The Morgan fingerprint density at radius 3 is 2.57 bits per heavy atom. The van der Waals surface area contributed by atoms with Gasteiger partial charge >= 0.3 is 0 Å². The summed E-state index contributed by atoms with van der Waals surface area (Å²) in [6, 6.07) is 14.8. The van der Waals surface area contributed by atoms with Crippen LogP contribution in [-0.2, 0) is 0 Å². The van der Waals surface area contributed by atoms with E-state index in [9.17, 15) is 0 Å². The van der Waals surface area contributed by atoms with E-state index in [4.69, 9.17) is 9.40 Å². The van der Waals surface area contributed by atoms with Gasteiger partial charge in [0.15, 0.2) is 0 Å². The van der Waals surface area contributed by atoms with Crippen molar-refractivity contribution in [3.63, 3.8) is 0 Å². The van der Waals surface area contributed by atoms with Crippen LogP contribution in [0.25, 0.3) is 33.3 Å². The monoisotopic (exact) mass is 370 g/mol. The second kappa shape index (κ2) is 7.05. The summed E-state index contributed by atoms with van der Waals surface area (Å²) < 4.78 is 6.13. The van der Waals surface area contributed by atoms with Gasteiger partial charge in [0.1, 0.15) is 5.58 Å². The van der Waals surface area contributed by atoms with Gasteiger partial charge in [0.25, 0.3) is 0 Å². The van der Waals surface area contributed by atoms with E-state index in [-0.39, 0.29) is 0 Å². The summed E-state index contributed by atoms with van der Waals surface area (Å²) in [5, 5.41) is 2.16. The Balaban J connectivity index is 1.63. The van der Waals surface area contributed by atoms with Crippen LogP contribution in [0.2, 0.25) is 0 Å². The van der Waals surface area contributed by atoms with E-state index in [2.05, 4.69) is 55.2 Å². The molecule has 1 saturated carbocycles. The highest BCUT2D eigenvalue weighted by Crippen LogP contribution is 2.42. The minimum Gasteiger partial charge on any atom is -0.437 e. The molecule has 3 aromatic heterocycles. The number of pyridine rings is 2. The Kier molecular flexibility index (Phi) is 4.38. The van der Waals surface area contributed by atoms with E-state index in [0.717, 1.165) is 33.5 Å². The van der Waals surface area contributed by atoms with Crippen molar-refractivity contribution in [3.8, 4) is 11.3 Å². The van der Waals surface area contributed by atoms with Crippen LogP contribution in [0.1, 0.15) is 51.0 Å². The molecule has 28 heavy (non-hydrogen) atoms. The average Bonchev–Trinajstić information content (AvgIpc) is 3.36. The molecule has 1 aromatic carbocycles. The molecule has 0 bridgehead atoms. The van der Waals surface area contributed by atoms with Gasteiger partial charge in [0, 0.05) is 28.7 Å². The van der Waals surface area contributed by atoms with Gasteiger partial charge in [-0.1, -0.05) is 38.8 Å². The van der Waals surface area contributed by atoms with Crippen molar-refractivity contribution in [1.82, 2.24) is 9.97 Å². The van der Waals surface area contributed by atoms with E-state index in [0.29, 0.717) is 17.5 Å². The Morgan fingerprint density at radius 1 is 0.929 bits per heavy atom. The fourth-order valence-electron chi connectivity index (χ4n) is 5.15. The maximum atomic E-state index is 6.13. The van der Waals surface area contributed by atoms with Crippen LogP contribution in [0.5, 0.6) is 0 Å². The van der Waals surface area contributed by atoms with E-state index < -0.39 is 0 Å². The first-order valence-corrected chi connectivity index (χ1v) is 10.4. The zero-order valence-electron chi connectivity index (χ0n) is 16.6. The summed E-state index contributed by atoms with van der Waals surface area (Å²) in [5.74, 6) is 2.02. The summed E-state index contributed by atoms with van der Waals surface area (Å²) in [4.78, 5) is 9.11. The fraction of sp³-hybridized carbons (Fsp3) is 0.360. The molecule has 1 unspecified atom stereocenters.